The first-order valence-corrected chi connectivity index (χ1v) is 7.66. The first-order chi connectivity index (χ1) is 8.81. The smallest absolute Gasteiger partial charge is 0.371 e. The Labute approximate surface area is 112 Å². The van der Waals surface area contributed by atoms with E-state index in [-0.39, 0.29) is 22.5 Å². The van der Waals surface area contributed by atoms with E-state index in [1.54, 1.807) is 0 Å². The van der Waals surface area contributed by atoms with E-state index in [0.29, 0.717) is 6.42 Å². The summed E-state index contributed by atoms with van der Waals surface area (Å²) in [7, 11) is -3.74. The van der Waals surface area contributed by atoms with Crippen LogP contribution in [0.5, 0.6) is 0 Å². The molecule has 1 unspecified atom stereocenters. The molecule has 1 aromatic heterocycles. The van der Waals surface area contributed by atoms with Crippen LogP contribution >= 0.6 is 0 Å². The zero-order valence-electron chi connectivity index (χ0n) is 11.3. The number of carboxylic acid groups (broad SMARTS) is 1. The van der Waals surface area contributed by atoms with Crippen molar-refractivity contribution in [2.45, 2.75) is 51.0 Å². The fourth-order valence-corrected chi connectivity index (χ4v) is 3.35. The Kier molecular flexibility index (Phi) is 5.13. The van der Waals surface area contributed by atoms with E-state index >= 15 is 0 Å². The second-order valence-electron chi connectivity index (χ2n) is 4.35. The molecule has 0 aliphatic carbocycles. The summed E-state index contributed by atoms with van der Waals surface area (Å²) < 4.78 is 31.8. The number of sulfonamides is 1. The van der Waals surface area contributed by atoms with E-state index in [2.05, 4.69) is 4.72 Å². The first kappa shape index (κ1) is 15.7. The predicted molar refractivity (Wildman–Crippen MR) is 69.7 cm³/mol. The van der Waals surface area contributed by atoms with Crippen LogP contribution in [0.3, 0.4) is 0 Å². The van der Waals surface area contributed by atoms with Crippen molar-refractivity contribution >= 4 is 16.0 Å². The summed E-state index contributed by atoms with van der Waals surface area (Å²) >= 11 is 0. The molecule has 0 aliphatic rings. The van der Waals surface area contributed by atoms with Crippen LogP contribution in [0.15, 0.2) is 15.4 Å². The lowest BCUT2D eigenvalue weighted by atomic mass is 10.1. The van der Waals surface area contributed by atoms with Gasteiger partial charge in [-0.1, -0.05) is 20.3 Å². The summed E-state index contributed by atoms with van der Waals surface area (Å²) in [6.07, 6.45) is 2.28. The summed E-state index contributed by atoms with van der Waals surface area (Å²) in [6.45, 7) is 5.30. The van der Waals surface area contributed by atoms with Gasteiger partial charge in [-0.05, 0) is 19.8 Å². The summed E-state index contributed by atoms with van der Waals surface area (Å²) in [5.74, 6) is -1.58. The molecule has 0 saturated carbocycles. The maximum absolute atomic E-state index is 12.2. The standard InChI is InChI=1S/C12H19NO5S/c1-4-6-9(5-2)13-19(16,17)11-7-10(12(14)15)18-8(11)3/h7,9,13H,4-6H2,1-3H3,(H,14,15). The molecule has 0 saturated heterocycles. The topological polar surface area (TPSA) is 96.6 Å². The molecule has 1 rings (SSSR count). The van der Waals surface area contributed by atoms with Crippen molar-refractivity contribution in [2.75, 3.05) is 0 Å². The molecule has 0 fully saturated rings. The minimum absolute atomic E-state index is 0.0799. The molecule has 2 N–H and O–H groups in total. The van der Waals surface area contributed by atoms with Crippen molar-refractivity contribution in [1.29, 1.82) is 0 Å². The van der Waals surface area contributed by atoms with Gasteiger partial charge in [0.25, 0.3) is 0 Å². The molecule has 0 radical (unpaired) electrons. The highest BCUT2D eigenvalue weighted by molar-refractivity contribution is 7.89. The molecule has 0 aromatic carbocycles. The molecule has 1 atom stereocenters. The largest absolute Gasteiger partial charge is 0.475 e. The van der Waals surface area contributed by atoms with Gasteiger partial charge in [0.1, 0.15) is 10.7 Å². The van der Waals surface area contributed by atoms with Crippen molar-refractivity contribution in [1.82, 2.24) is 4.72 Å². The van der Waals surface area contributed by atoms with Gasteiger partial charge in [0.15, 0.2) is 0 Å². The maximum atomic E-state index is 12.2. The Balaban J connectivity index is 3.03. The molecule has 1 aromatic rings. The number of aryl methyl sites for hydroxylation is 1. The number of carboxylic acids is 1. The van der Waals surface area contributed by atoms with Crippen molar-refractivity contribution in [3.05, 3.63) is 17.6 Å². The fraction of sp³-hybridized carbons (Fsp3) is 0.583. The minimum atomic E-state index is -3.74. The van der Waals surface area contributed by atoms with E-state index in [1.807, 2.05) is 13.8 Å². The quantitative estimate of drug-likeness (QED) is 0.801. The van der Waals surface area contributed by atoms with Gasteiger partial charge in [-0.15, -0.1) is 0 Å². The number of hydrogen-bond donors (Lipinski definition) is 2. The third-order valence-corrected chi connectivity index (χ3v) is 4.45. The zero-order chi connectivity index (χ0) is 14.6. The summed E-state index contributed by atoms with van der Waals surface area (Å²) in [5.41, 5.74) is 0. The number of carbonyl (C=O) groups is 1. The number of rotatable bonds is 7. The number of nitrogens with one attached hydrogen (secondary N) is 1. The lowest BCUT2D eigenvalue weighted by molar-refractivity contribution is 0.0661. The number of hydrogen-bond acceptors (Lipinski definition) is 4. The van der Waals surface area contributed by atoms with Crippen LogP contribution in [0.2, 0.25) is 0 Å². The van der Waals surface area contributed by atoms with E-state index in [1.165, 1.54) is 6.92 Å². The monoisotopic (exact) mass is 289 g/mol. The van der Waals surface area contributed by atoms with E-state index in [0.717, 1.165) is 18.9 Å². The Bertz CT molecular complexity index is 546. The normalized spacial score (nSPS) is 13.4. The molecule has 0 spiro atoms. The molecular formula is C12H19NO5S. The Morgan fingerprint density at radius 2 is 2.11 bits per heavy atom. The van der Waals surface area contributed by atoms with Crippen LogP contribution in [-0.2, 0) is 10.0 Å². The van der Waals surface area contributed by atoms with Gasteiger partial charge in [0.05, 0.1) is 0 Å². The highest BCUT2D eigenvalue weighted by Gasteiger charge is 2.25. The van der Waals surface area contributed by atoms with Crippen LogP contribution in [0.4, 0.5) is 0 Å². The van der Waals surface area contributed by atoms with Gasteiger partial charge >= 0.3 is 5.97 Å². The third-order valence-electron chi connectivity index (χ3n) is 2.82. The predicted octanol–water partition coefficient (Wildman–Crippen LogP) is 2.14. The van der Waals surface area contributed by atoms with Crippen molar-refractivity contribution in [3.63, 3.8) is 0 Å². The second-order valence-corrected chi connectivity index (χ2v) is 6.03. The van der Waals surface area contributed by atoms with Crippen LogP contribution in [0.25, 0.3) is 0 Å². The van der Waals surface area contributed by atoms with Gasteiger partial charge in [0.2, 0.25) is 15.8 Å². The van der Waals surface area contributed by atoms with Crippen molar-refractivity contribution in [2.24, 2.45) is 0 Å². The second kappa shape index (κ2) is 6.21. The molecule has 6 nitrogen and oxygen atoms in total. The first-order valence-electron chi connectivity index (χ1n) is 6.17. The van der Waals surface area contributed by atoms with Crippen LogP contribution in [0.1, 0.15) is 49.4 Å². The van der Waals surface area contributed by atoms with E-state index in [9.17, 15) is 13.2 Å². The lowest BCUT2D eigenvalue weighted by Gasteiger charge is -2.15. The van der Waals surface area contributed by atoms with Crippen LogP contribution in [-0.4, -0.2) is 25.5 Å². The van der Waals surface area contributed by atoms with Gasteiger partial charge in [-0.3, -0.25) is 0 Å². The minimum Gasteiger partial charge on any atom is -0.475 e. The summed E-state index contributed by atoms with van der Waals surface area (Å²) in [4.78, 5) is 10.7. The Morgan fingerprint density at radius 1 is 1.47 bits per heavy atom. The van der Waals surface area contributed by atoms with E-state index in [4.69, 9.17) is 9.52 Å². The van der Waals surface area contributed by atoms with Crippen LogP contribution < -0.4 is 4.72 Å². The maximum Gasteiger partial charge on any atom is 0.371 e. The van der Waals surface area contributed by atoms with E-state index < -0.39 is 16.0 Å². The molecule has 0 bridgehead atoms. The van der Waals surface area contributed by atoms with Gasteiger partial charge < -0.3 is 9.52 Å². The fourth-order valence-electron chi connectivity index (χ4n) is 1.82. The molecule has 0 aliphatic heterocycles. The summed E-state index contributed by atoms with van der Waals surface area (Å²) in [5, 5.41) is 8.79. The van der Waals surface area contributed by atoms with Crippen molar-refractivity contribution in [3.8, 4) is 0 Å². The highest BCUT2D eigenvalue weighted by atomic mass is 32.2. The van der Waals surface area contributed by atoms with Gasteiger partial charge in [-0.25, -0.2) is 17.9 Å². The third kappa shape index (κ3) is 3.81. The molecule has 19 heavy (non-hydrogen) atoms. The SMILES string of the molecule is CCCC(CC)NS(=O)(=O)c1cc(C(=O)O)oc1C. The zero-order valence-corrected chi connectivity index (χ0v) is 12.1. The molecule has 0 amide bonds. The molecule has 1 heterocycles. The Morgan fingerprint density at radius 3 is 2.53 bits per heavy atom. The highest BCUT2D eigenvalue weighted by Crippen LogP contribution is 2.21. The molecular weight excluding hydrogens is 270 g/mol. The molecule has 108 valence electrons. The number of aromatic carboxylic acids is 1. The number of furan rings is 1. The summed E-state index contributed by atoms with van der Waals surface area (Å²) in [6, 6.07) is 0.885. The Hall–Kier alpha value is -1.34. The van der Waals surface area contributed by atoms with Gasteiger partial charge in [-0.2, -0.15) is 0 Å². The average molecular weight is 289 g/mol. The van der Waals surface area contributed by atoms with Crippen molar-refractivity contribution < 1.29 is 22.7 Å². The average Bonchev–Trinajstić information content (AvgIpc) is 2.71. The van der Waals surface area contributed by atoms with Crippen LogP contribution in [0, 0.1) is 6.92 Å². The van der Waals surface area contributed by atoms with Gasteiger partial charge in [0, 0.05) is 12.1 Å². The lowest BCUT2D eigenvalue weighted by Crippen LogP contribution is -2.34. The molecule has 7 heteroatoms.